The maximum atomic E-state index is 2.57. The van der Waals surface area contributed by atoms with Gasteiger partial charge in [0.05, 0.1) is 0 Å². The second-order valence-corrected chi connectivity index (χ2v) is 8.45. The Balaban J connectivity index is 2.35. The summed E-state index contributed by atoms with van der Waals surface area (Å²) in [5.41, 5.74) is 2.45. The van der Waals surface area contributed by atoms with Gasteiger partial charge in [0.25, 0.3) is 0 Å². The molecule has 0 bridgehead atoms. The van der Waals surface area contributed by atoms with E-state index in [9.17, 15) is 0 Å². The molecule has 2 aromatic carbocycles. The SMILES string of the molecule is Cc1cccc(P(I)c2cccc(C)c2)c1. The summed E-state index contributed by atoms with van der Waals surface area (Å²) < 4.78 is 0. The van der Waals surface area contributed by atoms with E-state index in [0.29, 0.717) is 0 Å². The van der Waals surface area contributed by atoms with Crippen molar-refractivity contribution in [3.63, 3.8) is 0 Å². The molecule has 2 rings (SSSR count). The molecule has 16 heavy (non-hydrogen) atoms. The molecule has 0 nitrogen and oxygen atoms in total. The molecule has 0 aliphatic rings. The van der Waals surface area contributed by atoms with Crippen molar-refractivity contribution in [2.75, 3.05) is 0 Å². The quantitative estimate of drug-likeness (QED) is 0.571. The lowest BCUT2D eigenvalue weighted by atomic mass is 10.2. The van der Waals surface area contributed by atoms with Crippen molar-refractivity contribution in [3.05, 3.63) is 59.7 Å². The van der Waals surface area contributed by atoms with E-state index < -0.39 is 0 Å². The van der Waals surface area contributed by atoms with Crippen molar-refractivity contribution in [1.29, 1.82) is 0 Å². The largest absolute Gasteiger partial charge is 0.0613 e. The van der Waals surface area contributed by atoms with Gasteiger partial charge in [0.1, 0.15) is 0 Å². The van der Waals surface area contributed by atoms with Gasteiger partial charge in [-0.2, -0.15) is 0 Å². The highest BCUT2D eigenvalue weighted by atomic mass is 127. The van der Waals surface area contributed by atoms with E-state index in [1.165, 1.54) is 21.7 Å². The Morgan fingerprint density at radius 1 is 0.812 bits per heavy atom. The van der Waals surface area contributed by atoms with Gasteiger partial charge >= 0.3 is 0 Å². The van der Waals surface area contributed by atoms with Crippen LogP contribution in [-0.2, 0) is 0 Å². The number of aryl methyl sites for hydroxylation is 2. The van der Waals surface area contributed by atoms with E-state index >= 15 is 0 Å². The Hall–Kier alpha value is -0.400. The van der Waals surface area contributed by atoms with Gasteiger partial charge in [0.2, 0.25) is 0 Å². The van der Waals surface area contributed by atoms with Crippen molar-refractivity contribution >= 4 is 38.2 Å². The van der Waals surface area contributed by atoms with Crippen LogP contribution in [0.4, 0.5) is 0 Å². The van der Waals surface area contributed by atoms with Gasteiger partial charge in [-0.1, -0.05) is 59.7 Å². The summed E-state index contributed by atoms with van der Waals surface area (Å²) in [5.74, 6) is 0. The predicted molar refractivity (Wildman–Crippen MR) is 82.6 cm³/mol. The molecule has 2 heteroatoms. The molecule has 2 aromatic rings. The van der Waals surface area contributed by atoms with Gasteiger partial charge in [-0.05, 0) is 46.5 Å². The third-order valence-electron chi connectivity index (χ3n) is 2.46. The fraction of sp³-hybridized carbons (Fsp3) is 0.143. The van der Waals surface area contributed by atoms with Gasteiger partial charge < -0.3 is 0 Å². The summed E-state index contributed by atoms with van der Waals surface area (Å²) in [6.45, 7) is 4.30. The van der Waals surface area contributed by atoms with Gasteiger partial charge in [0, 0.05) is 5.56 Å². The highest BCUT2D eigenvalue weighted by Gasteiger charge is 2.09. The first-order valence-electron chi connectivity index (χ1n) is 5.26. The van der Waals surface area contributed by atoms with Crippen LogP contribution in [0.1, 0.15) is 11.1 Å². The molecule has 0 aliphatic heterocycles. The van der Waals surface area contributed by atoms with Crippen LogP contribution in [0.3, 0.4) is 0 Å². The van der Waals surface area contributed by atoms with Gasteiger partial charge in [-0.25, -0.2) is 0 Å². The van der Waals surface area contributed by atoms with E-state index in [0.717, 1.165) is 0 Å². The second-order valence-electron chi connectivity index (χ2n) is 3.96. The summed E-state index contributed by atoms with van der Waals surface area (Å²) in [6.07, 6.45) is 0. The maximum Gasteiger partial charge on any atom is 0.0215 e. The van der Waals surface area contributed by atoms with E-state index in [1.807, 2.05) is 0 Å². The lowest BCUT2D eigenvalue weighted by Crippen LogP contribution is -2.08. The first-order chi connectivity index (χ1) is 7.66. The van der Waals surface area contributed by atoms with Crippen LogP contribution in [0.5, 0.6) is 0 Å². The van der Waals surface area contributed by atoms with E-state index in [-0.39, 0.29) is 5.56 Å². The molecule has 0 amide bonds. The molecule has 82 valence electrons. The molecular weight excluding hydrogens is 326 g/mol. The van der Waals surface area contributed by atoms with Crippen LogP contribution in [0, 0.1) is 13.8 Å². The second kappa shape index (κ2) is 5.29. The predicted octanol–water partition coefficient (Wildman–Crippen LogP) is 4.09. The fourth-order valence-electron chi connectivity index (χ4n) is 1.65. The fourth-order valence-corrected chi connectivity index (χ4v) is 4.82. The van der Waals surface area contributed by atoms with Crippen LogP contribution in [0.2, 0.25) is 0 Å². The monoisotopic (exact) mass is 340 g/mol. The lowest BCUT2D eigenvalue weighted by Gasteiger charge is -2.12. The van der Waals surface area contributed by atoms with Crippen LogP contribution < -0.4 is 10.6 Å². The minimum Gasteiger partial charge on any atom is -0.0613 e. The summed E-state index contributed by atoms with van der Waals surface area (Å²) in [7, 11) is 0. The van der Waals surface area contributed by atoms with Gasteiger partial charge in [0.15, 0.2) is 0 Å². The third kappa shape index (κ3) is 2.83. The molecule has 0 radical (unpaired) electrons. The molecule has 0 aliphatic carbocycles. The Bertz CT molecular complexity index is 448. The molecule has 0 fully saturated rings. The Morgan fingerprint density at radius 3 is 1.62 bits per heavy atom. The van der Waals surface area contributed by atoms with Crippen molar-refractivity contribution in [3.8, 4) is 0 Å². The van der Waals surface area contributed by atoms with Crippen molar-refractivity contribution in [2.24, 2.45) is 0 Å². The zero-order chi connectivity index (χ0) is 11.5. The minimum atomic E-state index is -0.233. The van der Waals surface area contributed by atoms with E-state index in [4.69, 9.17) is 0 Å². The first-order valence-corrected chi connectivity index (χ1v) is 9.39. The summed E-state index contributed by atoms with van der Waals surface area (Å²) in [5, 5.41) is 2.89. The minimum absolute atomic E-state index is 0.233. The highest BCUT2D eigenvalue weighted by Crippen LogP contribution is 2.42. The van der Waals surface area contributed by atoms with Crippen LogP contribution >= 0.6 is 27.6 Å². The number of hydrogen-bond donors (Lipinski definition) is 0. The smallest absolute Gasteiger partial charge is 0.0215 e. The maximum absolute atomic E-state index is 2.57. The zero-order valence-electron chi connectivity index (χ0n) is 9.44. The average Bonchev–Trinajstić information content (AvgIpc) is 2.28. The van der Waals surface area contributed by atoms with E-state index in [1.54, 1.807) is 0 Å². The van der Waals surface area contributed by atoms with Crippen molar-refractivity contribution in [2.45, 2.75) is 13.8 Å². The highest BCUT2D eigenvalue weighted by molar-refractivity contribution is 14.2. The van der Waals surface area contributed by atoms with Crippen LogP contribution in [-0.4, -0.2) is 0 Å². The average molecular weight is 340 g/mol. The third-order valence-corrected chi connectivity index (χ3v) is 7.26. The molecular formula is C14H14IP. The molecule has 0 saturated heterocycles. The molecule has 0 atom stereocenters. The molecule has 0 N–H and O–H groups in total. The molecule has 0 saturated carbocycles. The summed E-state index contributed by atoms with van der Waals surface area (Å²) in [6, 6.07) is 17.6. The Labute approximate surface area is 111 Å². The van der Waals surface area contributed by atoms with E-state index in [2.05, 4.69) is 84.4 Å². The Kier molecular flexibility index (Phi) is 3.99. The standard InChI is InChI=1S/C14H14IP/c1-11-5-3-7-13(9-11)16(15)14-8-4-6-12(2)10-14/h3-10H,1-2H3. The number of halogens is 1. The molecule has 0 spiro atoms. The summed E-state index contributed by atoms with van der Waals surface area (Å²) >= 11 is 2.57. The molecule has 0 aromatic heterocycles. The normalized spacial score (nSPS) is 10.8. The number of rotatable bonds is 2. The molecule has 0 heterocycles. The number of hydrogen-bond acceptors (Lipinski definition) is 0. The van der Waals surface area contributed by atoms with Crippen molar-refractivity contribution in [1.82, 2.24) is 0 Å². The topological polar surface area (TPSA) is 0 Å². The molecule has 0 unspecified atom stereocenters. The van der Waals surface area contributed by atoms with Crippen molar-refractivity contribution < 1.29 is 0 Å². The Morgan fingerprint density at radius 2 is 1.25 bits per heavy atom. The summed E-state index contributed by atoms with van der Waals surface area (Å²) in [4.78, 5) is 0. The van der Waals surface area contributed by atoms with Gasteiger partial charge in [-0.15, -0.1) is 0 Å². The zero-order valence-corrected chi connectivity index (χ0v) is 12.5. The van der Waals surface area contributed by atoms with Crippen LogP contribution in [0.25, 0.3) is 0 Å². The van der Waals surface area contributed by atoms with Gasteiger partial charge in [-0.3, -0.25) is 0 Å². The lowest BCUT2D eigenvalue weighted by molar-refractivity contribution is 1.49. The number of benzene rings is 2. The van der Waals surface area contributed by atoms with Crippen LogP contribution in [0.15, 0.2) is 48.5 Å². The first kappa shape index (κ1) is 12.1.